The van der Waals surface area contributed by atoms with E-state index in [9.17, 15) is 0 Å². The van der Waals surface area contributed by atoms with Gasteiger partial charge in [0.2, 0.25) is 0 Å². The number of rotatable bonds is 5. The van der Waals surface area contributed by atoms with Crippen LogP contribution in [0.15, 0.2) is 46.9 Å². The smallest absolute Gasteiger partial charge is 0.133 e. The molecule has 0 aliphatic carbocycles. The number of benzene rings is 2. The van der Waals surface area contributed by atoms with Gasteiger partial charge in [-0.2, -0.15) is 0 Å². The molecule has 0 saturated carbocycles. The van der Waals surface area contributed by atoms with Crippen molar-refractivity contribution in [2.75, 3.05) is 7.11 Å². The SMILES string of the molecule is COc1ccc(C(C)NCc2cccc(Cl)c2)cc1Br. The minimum atomic E-state index is 0.246. The Kier molecular flexibility index (Phi) is 5.46. The van der Waals surface area contributed by atoms with Crippen LogP contribution in [0, 0.1) is 0 Å². The van der Waals surface area contributed by atoms with E-state index in [0.29, 0.717) is 0 Å². The van der Waals surface area contributed by atoms with E-state index in [1.807, 2.05) is 24.3 Å². The molecule has 1 N–H and O–H groups in total. The van der Waals surface area contributed by atoms with Gasteiger partial charge in [0, 0.05) is 17.6 Å². The van der Waals surface area contributed by atoms with Gasteiger partial charge in [0.25, 0.3) is 0 Å². The second-order valence-corrected chi connectivity index (χ2v) is 5.92. The normalized spacial score (nSPS) is 12.2. The van der Waals surface area contributed by atoms with E-state index >= 15 is 0 Å². The second kappa shape index (κ2) is 7.11. The standard InChI is InChI=1S/C16H17BrClNO/c1-11(13-6-7-16(20-2)15(17)9-13)19-10-12-4-3-5-14(18)8-12/h3-9,11,19H,10H2,1-2H3. The molecule has 0 saturated heterocycles. The van der Waals surface area contributed by atoms with Crippen LogP contribution in [0.4, 0.5) is 0 Å². The van der Waals surface area contributed by atoms with Gasteiger partial charge in [-0.25, -0.2) is 0 Å². The van der Waals surface area contributed by atoms with E-state index in [-0.39, 0.29) is 6.04 Å². The Bertz CT molecular complexity index is 588. The Labute approximate surface area is 133 Å². The van der Waals surface area contributed by atoms with Gasteiger partial charge in [0.1, 0.15) is 5.75 Å². The van der Waals surface area contributed by atoms with Gasteiger partial charge in [-0.3, -0.25) is 0 Å². The van der Waals surface area contributed by atoms with Gasteiger partial charge in [-0.05, 0) is 58.2 Å². The first kappa shape index (κ1) is 15.4. The highest BCUT2D eigenvalue weighted by atomic mass is 79.9. The number of nitrogens with one attached hydrogen (secondary N) is 1. The van der Waals surface area contributed by atoms with Crippen LogP contribution >= 0.6 is 27.5 Å². The van der Waals surface area contributed by atoms with Crippen LogP contribution in [0.2, 0.25) is 5.02 Å². The van der Waals surface area contributed by atoms with Crippen molar-refractivity contribution < 1.29 is 4.74 Å². The maximum Gasteiger partial charge on any atom is 0.133 e. The number of hydrogen-bond acceptors (Lipinski definition) is 2. The number of methoxy groups -OCH3 is 1. The zero-order valence-corrected chi connectivity index (χ0v) is 13.8. The lowest BCUT2D eigenvalue weighted by molar-refractivity contribution is 0.411. The predicted octanol–water partition coefficient (Wildman–Crippen LogP) is 4.96. The van der Waals surface area contributed by atoms with Crippen molar-refractivity contribution in [1.82, 2.24) is 5.32 Å². The predicted molar refractivity (Wildman–Crippen MR) is 87.4 cm³/mol. The van der Waals surface area contributed by atoms with Crippen LogP contribution in [0.25, 0.3) is 0 Å². The molecule has 1 atom stereocenters. The van der Waals surface area contributed by atoms with E-state index in [1.54, 1.807) is 7.11 Å². The topological polar surface area (TPSA) is 21.3 Å². The van der Waals surface area contributed by atoms with Gasteiger partial charge in [0.15, 0.2) is 0 Å². The average molecular weight is 355 g/mol. The van der Waals surface area contributed by atoms with E-state index in [0.717, 1.165) is 21.8 Å². The van der Waals surface area contributed by atoms with Crippen molar-refractivity contribution in [3.8, 4) is 5.75 Å². The Morgan fingerprint density at radius 1 is 1.25 bits per heavy atom. The largest absolute Gasteiger partial charge is 0.496 e. The molecule has 106 valence electrons. The molecule has 0 amide bonds. The molecule has 2 rings (SSSR count). The summed E-state index contributed by atoms with van der Waals surface area (Å²) in [5.74, 6) is 0.843. The molecular weight excluding hydrogens is 338 g/mol. The first-order valence-electron chi connectivity index (χ1n) is 6.41. The lowest BCUT2D eigenvalue weighted by atomic mass is 10.1. The first-order valence-corrected chi connectivity index (χ1v) is 7.58. The second-order valence-electron chi connectivity index (χ2n) is 4.63. The Morgan fingerprint density at radius 2 is 2.05 bits per heavy atom. The molecule has 2 nitrogen and oxygen atoms in total. The third-order valence-electron chi connectivity index (χ3n) is 3.18. The summed E-state index contributed by atoms with van der Waals surface area (Å²) in [7, 11) is 1.67. The first-order chi connectivity index (χ1) is 9.60. The third-order valence-corrected chi connectivity index (χ3v) is 4.03. The lowest BCUT2D eigenvalue weighted by Gasteiger charge is -2.16. The Morgan fingerprint density at radius 3 is 2.70 bits per heavy atom. The van der Waals surface area contributed by atoms with Gasteiger partial charge in [-0.1, -0.05) is 29.8 Å². The quantitative estimate of drug-likeness (QED) is 0.819. The van der Waals surface area contributed by atoms with Crippen LogP contribution in [0.3, 0.4) is 0 Å². The maximum atomic E-state index is 5.98. The fourth-order valence-corrected chi connectivity index (χ4v) is 2.76. The molecular formula is C16H17BrClNO. The van der Waals surface area contributed by atoms with Crippen LogP contribution < -0.4 is 10.1 Å². The fraction of sp³-hybridized carbons (Fsp3) is 0.250. The van der Waals surface area contributed by atoms with Gasteiger partial charge < -0.3 is 10.1 Å². The molecule has 0 spiro atoms. The molecule has 0 aliphatic rings. The summed E-state index contributed by atoms with van der Waals surface area (Å²) in [6.07, 6.45) is 0. The summed E-state index contributed by atoms with van der Waals surface area (Å²) in [5, 5.41) is 4.25. The molecule has 0 bridgehead atoms. The highest BCUT2D eigenvalue weighted by molar-refractivity contribution is 9.10. The number of halogens is 2. The van der Waals surface area contributed by atoms with Crippen molar-refractivity contribution in [3.63, 3.8) is 0 Å². The van der Waals surface area contributed by atoms with Gasteiger partial charge in [0.05, 0.1) is 11.6 Å². The van der Waals surface area contributed by atoms with Crippen molar-refractivity contribution in [2.24, 2.45) is 0 Å². The minimum Gasteiger partial charge on any atom is -0.496 e. The molecule has 0 aliphatic heterocycles. The number of ether oxygens (including phenoxy) is 1. The highest BCUT2D eigenvalue weighted by Crippen LogP contribution is 2.28. The summed E-state index contributed by atoms with van der Waals surface area (Å²) in [4.78, 5) is 0. The molecule has 0 fully saturated rings. The molecule has 0 radical (unpaired) electrons. The van der Waals surface area contributed by atoms with Gasteiger partial charge >= 0.3 is 0 Å². The van der Waals surface area contributed by atoms with Crippen LogP contribution in [-0.4, -0.2) is 7.11 Å². The maximum absolute atomic E-state index is 5.98. The molecule has 0 aromatic heterocycles. The summed E-state index contributed by atoms with van der Waals surface area (Å²) in [5.41, 5.74) is 2.39. The van der Waals surface area contributed by atoms with Crippen molar-refractivity contribution in [1.29, 1.82) is 0 Å². The zero-order valence-electron chi connectivity index (χ0n) is 11.5. The summed E-state index contributed by atoms with van der Waals surface area (Å²) in [6.45, 7) is 2.92. The summed E-state index contributed by atoms with van der Waals surface area (Å²) < 4.78 is 6.21. The van der Waals surface area contributed by atoms with Crippen molar-refractivity contribution >= 4 is 27.5 Å². The van der Waals surface area contributed by atoms with E-state index in [4.69, 9.17) is 16.3 Å². The summed E-state index contributed by atoms with van der Waals surface area (Å²) >= 11 is 9.49. The van der Waals surface area contributed by atoms with Crippen molar-refractivity contribution in [2.45, 2.75) is 19.5 Å². The molecule has 2 aromatic rings. The van der Waals surface area contributed by atoms with E-state index in [1.165, 1.54) is 11.1 Å². The summed E-state index contributed by atoms with van der Waals surface area (Å²) in [6, 6.07) is 14.3. The lowest BCUT2D eigenvalue weighted by Crippen LogP contribution is -2.18. The van der Waals surface area contributed by atoms with Crippen LogP contribution in [-0.2, 0) is 6.54 Å². The fourth-order valence-electron chi connectivity index (χ4n) is 1.99. The Hall–Kier alpha value is -1.03. The van der Waals surface area contributed by atoms with E-state index in [2.05, 4.69) is 46.4 Å². The zero-order chi connectivity index (χ0) is 14.5. The Balaban J connectivity index is 2.01. The average Bonchev–Trinajstić information content (AvgIpc) is 2.44. The monoisotopic (exact) mass is 353 g/mol. The molecule has 1 unspecified atom stereocenters. The van der Waals surface area contributed by atoms with E-state index < -0.39 is 0 Å². The minimum absolute atomic E-state index is 0.246. The van der Waals surface area contributed by atoms with Crippen molar-refractivity contribution in [3.05, 3.63) is 63.1 Å². The van der Waals surface area contributed by atoms with Crippen LogP contribution in [0.5, 0.6) is 5.75 Å². The van der Waals surface area contributed by atoms with Crippen LogP contribution in [0.1, 0.15) is 24.1 Å². The molecule has 4 heteroatoms. The highest BCUT2D eigenvalue weighted by Gasteiger charge is 2.08. The third kappa shape index (κ3) is 3.98. The molecule has 0 heterocycles. The molecule has 20 heavy (non-hydrogen) atoms. The van der Waals surface area contributed by atoms with Gasteiger partial charge in [-0.15, -0.1) is 0 Å². The molecule has 2 aromatic carbocycles. The number of hydrogen-bond donors (Lipinski definition) is 1.